The first kappa shape index (κ1) is 15.7. The van der Waals surface area contributed by atoms with Crippen LogP contribution in [0.4, 0.5) is 0 Å². The fraction of sp³-hybridized carbons (Fsp3) is 0.692. The van der Waals surface area contributed by atoms with E-state index in [4.69, 9.17) is 0 Å². The molecule has 0 heterocycles. The molecule has 0 fully saturated rings. The Labute approximate surface area is 103 Å². The minimum Gasteiger partial charge on any atom is -0.468 e. The summed E-state index contributed by atoms with van der Waals surface area (Å²) >= 11 is 0. The van der Waals surface area contributed by atoms with Gasteiger partial charge < -0.3 is 9.47 Å². The van der Waals surface area contributed by atoms with Crippen LogP contribution in [0.3, 0.4) is 0 Å². The van der Waals surface area contributed by atoms with Crippen molar-refractivity contribution < 1.29 is 19.1 Å². The molecule has 0 N–H and O–H groups in total. The Hall–Kier alpha value is -1.32. The van der Waals surface area contributed by atoms with Crippen LogP contribution in [-0.2, 0) is 19.1 Å². The standard InChI is InChI=1S/C13H22O4/c1-4-5-6-7-8-9-10-11(12(14)16-2)13(15)17-3/h9-11H,4-8H2,1-3H3/b10-9+. The first-order chi connectivity index (χ1) is 8.17. The lowest BCUT2D eigenvalue weighted by Gasteiger charge is -2.07. The summed E-state index contributed by atoms with van der Waals surface area (Å²) in [5.41, 5.74) is 0. The van der Waals surface area contributed by atoms with Crippen molar-refractivity contribution in [3.63, 3.8) is 0 Å². The SMILES string of the molecule is CCCCCC/C=C/C(C(=O)OC)C(=O)OC. The smallest absolute Gasteiger partial charge is 0.323 e. The molecule has 0 amide bonds. The number of ether oxygens (including phenoxy) is 2. The van der Waals surface area contributed by atoms with E-state index >= 15 is 0 Å². The van der Waals surface area contributed by atoms with E-state index in [1.165, 1.54) is 33.5 Å². The van der Waals surface area contributed by atoms with Crippen LogP contribution in [0.2, 0.25) is 0 Å². The zero-order valence-electron chi connectivity index (χ0n) is 10.9. The quantitative estimate of drug-likeness (QED) is 0.284. The number of allylic oxidation sites excluding steroid dienone is 1. The number of esters is 2. The van der Waals surface area contributed by atoms with Crippen LogP contribution >= 0.6 is 0 Å². The summed E-state index contributed by atoms with van der Waals surface area (Å²) < 4.78 is 9.08. The molecular formula is C13H22O4. The van der Waals surface area contributed by atoms with Gasteiger partial charge >= 0.3 is 11.9 Å². The van der Waals surface area contributed by atoms with Crippen molar-refractivity contribution in [2.24, 2.45) is 5.92 Å². The minimum atomic E-state index is -0.934. The Morgan fingerprint density at radius 3 is 2.12 bits per heavy atom. The van der Waals surface area contributed by atoms with E-state index in [1.54, 1.807) is 6.08 Å². The van der Waals surface area contributed by atoms with Crippen molar-refractivity contribution in [3.05, 3.63) is 12.2 Å². The summed E-state index contributed by atoms with van der Waals surface area (Å²) in [5, 5.41) is 0. The fourth-order valence-electron chi connectivity index (χ4n) is 1.43. The summed E-state index contributed by atoms with van der Waals surface area (Å²) in [7, 11) is 2.51. The fourth-order valence-corrected chi connectivity index (χ4v) is 1.43. The van der Waals surface area contributed by atoms with Gasteiger partial charge in [0, 0.05) is 0 Å². The molecule has 0 radical (unpaired) electrons. The highest BCUT2D eigenvalue weighted by Crippen LogP contribution is 2.08. The summed E-state index contributed by atoms with van der Waals surface area (Å²) in [4.78, 5) is 22.6. The molecule has 4 nitrogen and oxygen atoms in total. The molecule has 0 aliphatic heterocycles. The number of carbonyl (C=O) groups is 2. The molecule has 0 saturated heterocycles. The molecule has 0 aromatic carbocycles. The molecule has 0 atom stereocenters. The highest BCUT2D eigenvalue weighted by atomic mass is 16.5. The summed E-state index contributed by atoms with van der Waals surface area (Å²) in [6.45, 7) is 2.15. The van der Waals surface area contributed by atoms with Crippen molar-refractivity contribution in [2.75, 3.05) is 14.2 Å². The monoisotopic (exact) mass is 242 g/mol. The maximum absolute atomic E-state index is 11.3. The van der Waals surface area contributed by atoms with E-state index in [0.29, 0.717) is 0 Å². The van der Waals surface area contributed by atoms with Gasteiger partial charge in [-0.15, -0.1) is 0 Å². The second-order valence-electron chi connectivity index (χ2n) is 3.80. The van der Waals surface area contributed by atoms with Gasteiger partial charge in [0.15, 0.2) is 5.92 Å². The van der Waals surface area contributed by atoms with Gasteiger partial charge in [-0.1, -0.05) is 38.3 Å². The summed E-state index contributed by atoms with van der Waals surface area (Å²) in [6, 6.07) is 0. The Kier molecular flexibility index (Phi) is 9.11. The molecule has 0 aromatic rings. The van der Waals surface area contributed by atoms with Crippen LogP contribution in [0.1, 0.15) is 39.0 Å². The Morgan fingerprint density at radius 2 is 1.65 bits per heavy atom. The molecule has 0 saturated carbocycles. The van der Waals surface area contributed by atoms with E-state index < -0.39 is 17.9 Å². The van der Waals surface area contributed by atoms with E-state index in [0.717, 1.165) is 12.8 Å². The Balaban J connectivity index is 4.10. The molecule has 0 bridgehead atoms. The average molecular weight is 242 g/mol. The van der Waals surface area contributed by atoms with Crippen LogP contribution in [0.25, 0.3) is 0 Å². The van der Waals surface area contributed by atoms with Crippen molar-refractivity contribution in [1.29, 1.82) is 0 Å². The van der Waals surface area contributed by atoms with Gasteiger partial charge in [-0.2, -0.15) is 0 Å². The molecule has 0 aliphatic carbocycles. The highest BCUT2D eigenvalue weighted by Gasteiger charge is 2.25. The Bertz CT molecular complexity index is 242. The lowest BCUT2D eigenvalue weighted by molar-refractivity contribution is -0.156. The minimum absolute atomic E-state index is 0.582. The zero-order valence-corrected chi connectivity index (χ0v) is 10.9. The molecule has 0 unspecified atom stereocenters. The molecule has 0 aliphatic rings. The number of rotatable bonds is 8. The molecule has 98 valence electrons. The molecule has 0 spiro atoms. The van der Waals surface area contributed by atoms with Crippen LogP contribution < -0.4 is 0 Å². The number of hydrogen-bond acceptors (Lipinski definition) is 4. The van der Waals surface area contributed by atoms with E-state index in [9.17, 15) is 9.59 Å². The van der Waals surface area contributed by atoms with Crippen LogP contribution in [0, 0.1) is 5.92 Å². The van der Waals surface area contributed by atoms with Gasteiger partial charge in [0.05, 0.1) is 14.2 Å². The lowest BCUT2D eigenvalue weighted by atomic mass is 10.1. The predicted octanol–water partition coefficient (Wildman–Crippen LogP) is 2.48. The summed E-state index contributed by atoms with van der Waals surface area (Å²) in [5.74, 6) is -2.10. The van der Waals surface area contributed by atoms with Gasteiger partial charge in [0.1, 0.15) is 0 Å². The topological polar surface area (TPSA) is 52.6 Å². The van der Waals surface area contributed by atoms with Gasteiger partial charge in [-0.3, -0.25) is 9.59 Å². The van der Waals surface area contributed by atoms with Gasteiger partial charge in [-0.25, -0.2) is 0 Å². The van der Waals surface area contributed by atoms with Crippen molar-refractivity contribution in [1.82, 2.24) is 0 Å². The molecule has 4 heteroatoms. The molecular weight excluding hydrogens is 220 g/mol. The lowest BCUT2D eigenvalue weighted by Crippen LogP contribution is -2.24. The van der Waals surface area contributed by atoms with Gasteiger partial charge in [-0.05, 0) is 12.8 Å². The first-order valence-electron chi connectivity index (χ1n) is 5.99. The van der Waals surface area contributed by atoms with Crippen LogP contribution in [0.5, 0.6) is 0 Å². The Morgan fingerprint density at radius 1 is 1.06 bits per heavy atom. The van der Waals surface area contributed by atoms with Crippen molar-refractivity contribution >= 4 is 11.9 Å². The van der Waals surface area contributed by atoms with Gasteiger partial charge in [0.25, 0.3) is 0 Å². The molecule has 17 heavy (non-hydrogen) atoms. The summed E-state index contributed by atoms with van der Waals surface area (Å²) in [6.07, 6.45) is 8.91. The third-order valence-electron chi connectivity index (χ3n) is 2.46. The number of methoxy groups -OCH3 is 2. The zero-order chi connectivity index (χ0) is 13.1. The first-order valence-corrected chi connectivity index (χ1v) is 5.99. The third-order valence-corrected chi connectivity index (χ3v) is 2.46. The predicted molar refractivity (Wildman–Crippen MR) is 65.4 cm³/mol. The van der Waals surface area contributed by atoms with E-state index in [-0.39, 0.29) is 0 Å². The maximum Gasteiger partial charge on any atom is 0.323 e. The van der Waals surface area contributed by atoms with Crippen molar-refractivity contribution in [2.45, 2.75) is 39.0 Å². The van der Waals surface area contributed by atoms with E-state index in [1.807, 2.05) is 6.08 Å². The average Bonchev–Trinajstić information content (AvgIpc) is 2.36. The highest BCUT2D eigenvalue weighted by molar-refractivity contribution is 5.96. The number of unbranched alkanes of at least 4 members (excludes halogenated alkanes) is 4. The largest absolute Gasteiger partial charge is 0.468 e. The number of hydrogen-bond donors (Lipinski definition) is 0. The normalized spacial score (nSPS) is 10.8. The number of carbonyl (C=O) groups excluding carboxylic acids is 2. The second-order valence-corrected chi connectivity index (χ2v) is 3.80. The maximum atomic E-state index is 11.3. The molecule has 0 rings (SSSR count). The van der Waals surface area contributed by atoms with Gasteiger partial charge in [0.2, 0.25) is 0 Å². The van der Waals surface area contributed by atoms with Crippen molar-refractivity contribution in [3.8, 4) is 0 Å². The second kappa shape index (κ2) is 9.87. The van der Waals surface area contributed by atoms with Crippen LogP contribution in [0.15, 0.2) is 12.2 Å². The van der Waals surface area contributed by atoms with Crippen LogP contribution in [-0.4, -0.2) is 26.2 Å². The van der Waals surface area contributed by atoms with E-state index in [2.05, 4.69) is 16.4 Å². The molecule has 0 aromatic heterocycles. The third kappa shape index (κ3) is 6.76.